The van der Waals surface area contributed by atoms with E-state index >= 15 is 0 Å². The second kappa shape index (κ2) is 6.03. The normalized spacial score (nSPS) is 19.9. The Labute approximate surface area is 136 Å². The SMILES string of the molecule is CCN(C(=O)C1CS(=O)(=O)C1)C(C)Cc1ccc2c(c1)OCO2. The Kier molecular flexibility index (Phi) is 4.23. The van der Waals surface area contributed by atoms with Gasteiger partial charge in [-0.1, -0.05) is 6.07 Å². The minimum Gasteiger partial charge on any atom is -0.454 e. The number of fused-ring (bicyclic) bond motifs is 1. The fraction of sp³-hybridized carbons (Fsp3) is 0.562. The highest BCUT2D eigenvalue weighted by Gasteiger charge is 2.41. The number of ether oxygens (including phenoxy) is 2. The molecule has 126 valence electrons. The molecule has 0 bridgehead atoms. The molecule has 3 rings (SSSR count). The molecule has 1 fully saturated rings. The van der Waals surface area contributed by atoms with E-state index in [1.54, 1.807) is 4.90 Å². The third-order valence-electron chi connectivity index (χ3n) is 4.38. The molecule has 6 nitrogen and oxygen atoms in total. The minimum atomic E-state index is -2.99. The lowest BCUT2D eigenvalue weighted by atomic mass is 10.0. The molecule has 0 N–H and O–H groups in total. The first-order valence-corrected chi connectivity index (χ1v) is 9.61. The van der Waals surface area contributed by atoms with Gasteiger partial charge in [0.15, 0.2) is 21.3 Å². The summed E-state index contributed by atoms with van der Waals surface area (Å²) in [5.41, 5.74) is 1.06. The van der Waals surface area contributed by atoms with Crippen molar-refractivity contribution in [3.8, 4) is 11.5 Å². The number of likely N-dealkylation sites (N-methyl/N-ethyl adjacent to an activating group) is 1. The molecule has 7 heteroatoms. The van der Waals surface area contributed by atoms with Gasteiger partial charge in [-0.2, -0.15) is 0 Å². The summed E-state index contributed by atoms with van der Waals surface area (Å²) < 4.78 is 33.2. The average molecular weight is 339 g/mol. The first-order chi connectivity index (χ1) is 10.9. The molecule has 0 aliphatic carbocycles. The van der Waals surface area contributed by atoms with E-state index < -0.39 is 9.84 Å². The van der Waals surface area contributed by atoms with Crippen molar-refractivity contribution in [2.75, 3.05) is 24.8 Å². The van der Waals surface area contributed by atoms with Crippen LogP contribution in [0.15, 0.2) is 18.2 Å². The van der Waals surface area contributed by atoms with Gasteiger partial charge in [-0.05, 0) is 38.0 Å². The van der Waals surface area contributed by atoms with Crippen LogP contribution in [-0.4, -0.2) is 50.1 Å². The standard InChI is InChI=1S/C16H21NO5S/c1-3-17(16(18)13-8-23(19,20)9-13)11(2)6-12-4-5-14-15(7-12)22-10-21-14/h4-5,7,11,13H,3,6,8-10H2,1-2H3. The van der Waals surface area contributed by atoms with Gasteiger partial charge in [0.05, 0.1) is 17.4 Å². The summed E-state index contributed by atoms with van der Waals surface area (Å²) in [6, 6.07) is 5.78. The van der Waals surface area contributed by atoms with Crippen LogP contribution in [0.3, 0.4) is 0 Å². The predicted molar refractivity (Wildman–Crippen MR) is 85.3 cm³/mol. The summed E-state index contributed by atoms with van der Waals surface area (Å²) in [5, 5.41) is 0. The van der Waals surface area contributed by atoms with Gasteiger partial charge in [0.1, 0.15) is 0 Å². The molecule has 1 unspecified atom stereocenters. The first-order valence-electron chi connectivity index (χ1n) is 7.79. The van der Waals surface area contributed by atoms with Crippen LogP contribution in [0.1, 0.15) is 19.4 Å². The summed E-state index contributed by atoms with van der Waals surface area (Å²) in [6.07, 6.45) is 0.690. The van der Waals surface area contributed by atoms with Crippen LogP contribution in [-0.2, 0) is 21.1 Å². The van der Waals surface area contributed by atoms with E-state index in [-0.39, 0.29) is 36.2 Å². The Morgan fingerprint density at radius 2 is 2.00 bits per heavy atom. The third-order valence-corrected chi connectivity index (χ3v) is 6.20. The molecule has 1 amide bonds. The number of carbonyl (C=O) groups is 1. The maximum Gasteiger partial charge on any atom is 0.231 e. The monoisotopic (exact) mass is 339 g/mol. The van der Waals surface area contributed by atoms with Gasteiger partial charge in [-0.3, -0.25) is 4.79 Å². The maximum absolute atomic E-state index is 12.5. The molecule has 2 heterocycles. The van der Waals surface area contributed by atoms with E-state index in [2.05, 4.69) is 0 Å². The van der Waals surface area contributed by atoms with Crippen LogP contribution in [0, 0.1) is 5.92 Å². The Bertz CT molecular complexity index is 703. The van der Waals surface area contributed by atoms with Crippen molar-refractivity contribution >= 4 is 15.7 Å². The van der Waals surface area contributed by atoms with Gasteiger partial charge in [0.2, 0.25) is 12.7 Å². The molecule has 1 saturated heterocycles. The van der Waals surface area contributed by atoms with Crippen LogP contribution in [0.5, 0.6) is 11.5 Å². The lowest BCUT2D eigenvalue weighted by Crippen LogP contribution is -2.51. The molecule has 1 aromatic rings. The smallest absolute Gasteiger partial charge is 0.231 e. The zero-order chi connectivity index (χ0) is 16.6. The lowest BCUT2D eigenvalue weighted by Gasteiger charge is -2.34. The second-order valence-corrected chi connectivity index (χ2v) is 8.29. The van der Waals surface area contributed by atoms with Crippen LogP contribution in [0.2, 0.25) is 0 Å². The second-order valence-electron chi connectivity index (χ2n) is 6.14. The molecular weight excluding hydrogens is 318 g/mol. The van der Waals surface area contributed by atoms with Crippen molar-refractivity contribution in [2.45, 2.75) is 26.3 Å². The molecular formula is C16H21NO5S. The summed E-state index contributed by atoms with van der Waals surface area (Å²) in [7, 11) is -2.99. The number of rotatable bonds is 5. The van der Waals surface area contributed by atoms with E-state index in [0.29, 0.717) is 13.0 Å². The molecule has 0 aromatic heterocycles. The van der Waals surface area contributed by atoms with Crippen molar-refractivity contribution < 1.29 is 22.7 Å². The zero-order valence-corrected chi connectivity index (χ0v) is 14.1. The molecule has 0 spiro atoms. The Morgan fingerprint density at radius 3 is 2.65 bits per heavy atom. The molecule has 23 heavy (non-hydrogen) atoms. The number of sulfone groups is 1. The average Bonchev–Trinajstić information content (AvgIpc) is 2.92. The summed E-state index contributed by atoms with van der Waals surface area (Å²) in [5.74, 6) is 1.01. The highest BCUT2D eigenvalue weighted by Crippen LogP contribution is 2.33. The molecule has 1 atom stereocenters. The van der Waals surface area contributed by atoms with Crippen molar-refractivity contribution in [3.05, 3.63) is 23.8 Å². The number of hydrogen-bond donors (Lipinski definition) is 0. The quantitative estimate of drug-likeness (QED) is 0.807. The molecule has 1 aromatic carbocycles. The van der Waals surface area contributed by atoms with Crippen molar-refractivity contribution in [3.63, 3.8) is 0 Å². The number of nitrogens with zero attached hydrogens (tertiary/aromatic N) is 1. The Hall–Kier alpha value is -1.76. The van der Waals surface area contributed by atoms with E-state index in [0.717, 1.165) is 17.1 Å². The zero-order valence-electron chi connectivity index (χ0n) is 13.3. The highest BCUT2D eigenvalue weighted by molar-refractivity contribution is 7.92. The fourth-order valence-corrected chi connectivity index (χ4v) is 4.56. The molecule has 2 aliphatic rings. The van der Waals surface area contributed by atoms with Crippen LogP contribution in [0.4, 0.5) is 0 Å². The van der Waals surface area contributed by atoms with E-state index in [1.807, 2.05) is 32.0 Å². The number of amides is 1. The predicted octanol–water partition coefficient (Wildman–Crippen LogP) is 1.24. The molecule has 2 aliphatic heterocycles. The lowest BCUT2D eigenvalue weighted by molar-refractivity contribution is -0.136. The van der Waals surface area contributed by atoms with Gasteiger partial charge in [-0.15, -0.1) is 0 Å². The van der Waals surface area contributed by atoms with Crippen LogP contribution < -0.4 is 9.47 Å². The third kappa shape index (κ3) is 3.29. The Balaban J connectivity index is 1.66. The van der Waals surface area contributed by atoms with Gasteiger partial charge in [0.25, 0.3) is 0 Å². The van der Waals surface area contributed by atoms with Gasteiger partial charge >= 0.3 is 0 Å². The molecule has 0 saturated carbocycles. The summed E-state index contributed by atoms with van der Waals surface area (Å²) in [4.78, 5) is 14.2. The highest BCUT2D eigenvalue weighted by atomic mass is 32.2. The van der Waals surface area contributed by atoms with E-state index in [9.17, 15) is 13.2 Å². The summed E-state index contributed by atoms with van der Waals surface area (Å²) >= 11 is 0. The van der Waals surface area contributed by atoms with E-state index in [4.69, 9.17) is 9.47 Å². The van der Waals surface area contributed by atoms with Crippen molar-refractivity contribution in [2.24, 2.45) is 5.92 Å². The molecule has 0 radical (unpaired) electrons. The largest absolute Gasteiger partial charge is 0.454 e. The summed E-state index contributed by atoms with van der Waals surface area (Å²) in [6.45, 7) is 4.71. The Morgan fingerprint density at radius 1 is 1.30 bits per heavy atom. The van der Waals surface area contributed by atoms with Gasteiger partial charge < -0.3 is 14.4 Å². The number of benzene rings is 1. The van der Waals surface area contributed by atoms with Crippen molar-refractivity contribution in [1.82, 2.24) is 4.90 Å². The first kappa shape index (κ1) is 16.1. The van der Waals surface area contributed by atoms with Crippen LogP contribution in [0.25, 0.3) is 0 Å². The van der Waals surface area contributed by atoms with Gasteiger partial charge in [0, 0.05) is 12.6 Å². The van der Waals surface area contributed by atoms with Crippen molar-refractivity contribution in [1.29, 1.82) is 0 Å². The fourth-order valence-electron chi connectivity index (χ4n) is 3.15. The van der Waals surface area contributed by atoms with Gasteiger partial charge in [-0.25, -0.2) is 8.42 Å². The number of carbonyl (C=O) groups excluding carboxylic acids is 1. The maximum atomic E-state index is 12.5. The minimum absolute atomic E-state index is 0.00354. The van der Waals surface area contributed by atoms with E-state index in [1.165, 1.54) is 0 Å². The topological polar surface area (TPSA) is 72.9 Å². The van der Waals surface area contributed by atoms with Crippen LogP contribution >= 0.6 is 0 Å². The number of hydrogen-bond acceptors (Lipinski definition) is 5.